The number of hydrogen-bond donors (Lipinski definition) is 1. The van der Waals surface area contributed by atoms with E-state index in [0.717, 1.165) is 11.3 Å². The monoisotopic (exact) mass is 217 g/mol. The number of aryl methyl sites for hydroxylation is 1. The van der Waals surface area contributed by atoms with Gasteiger partial charge in [-0.05, 0) is 20.8 Å². The molecule has 1 N–H and O–H groups in total. The Kier molecular flexibility index (Phi) is 3.01. The smallest absolute Gasteiger partial charge is 0.161 e. The summed E-state index contributed by atoms with van der Waals surface area (Å²) in [6.45, 7) is 4.20. The van der Waals surface area contributed by atoms with Gasteiger partial charge in [0, 0.05) is 0 Å². The summed E-state index contributed by atoms with van der Waals surface area (Å²) in [7, 11) is 0. The van der Waals surface area contributed by atoms with Crippen LogP contribution < -0.4 is 0 Å². The molecule has 0 aliphatic heterocycles. The van der Waals surface area contributed by atoms with Crippen molar-refractivity contribution in [2.75, 3.05) is 0 Å². The van der Waals surface area contributed by atoms with Crippen LogP contribution in [0, 0.1) is 6.92 Å². The minimum absolute atomic E-state index is 0.247. The highest BCUT2D eigenvalue weighted by molar-refractivity contribution is 7.13. The Morgan fingerprint density at radius 2 is 2.21 bits per heavy atom. The van der Waals surface area contributed by atoms with E-state index in [4.69, 9.17) is 0 Å². The Balaban J connectivity index is 3.03. The minimum atomic E-state index is -1.75. The fourth-order valence-electron chi connectivity index (χ4n) is 0.950. The van der Waals surface area contributed by atoms with Crippen molar-refractivity contribution >= 4 is 17.6 Å². The molecule has 0 aromatic carbocycles. The number of rotatable bonds is 3. The van der Waals surface area contributed by atoms with Gasteiger partial charge in [0.2, 0.25) is 0 Å². The molecular formula is C9H12FNO2S. The van der Waals surface area contributed by atoms with E-state index in [0.29, 0.717) is 16.9 Å². The van der Waals surface area contributed by atoms with Gasteiger partial charge in [-0.3, -0.25) is 4.79 Å². The van der Waals surface area contributed by atoms with Crippen molar-refractivity contribution < 1.29 is 14.3 Å². The molecule has 1 aromatic rings. The number of hydrogen-bond acceptors (Lipinski definition) is 4. The molecule has 14 heavy (non-hydrogen) atoms. The Labute approximate surface area is 85.6 Å². The summed E-state index contributed by atoms with van der Waals surface area (Å²) >= 11 is 1.03. The van der Waals surface area contributed by atoms with E-state index >= 15 is 0 Å². The van der Waals surface area contributed by atoms with Gasteiger partial charge in [0.15, 0.2) is 6.29 Å². The first-order valence-electron chi connectivity index (χ1n) is 4.15. The number of aliphatic hydroxyl groups is 1. The second kappa shape index (κ2) is 3.74. The normalized spacial score (nSPS) is 14.1. The van der Waals surface area contributed by atoms with Crippen molar-refractivity contribution in [3.8, 4) is 0 Å². The molecular weight excluding hydrogens is 205 g/mol. The van der Waals surface area contributed by atoms with Crippen LogP contribution in [0.15, 0.2) is 0 Å². The van der Waals surface area contributed by atoms with Gasteiger partial charge in [-0.25, -0.2) is 9.37 Å². The zero-order chi connectivity index (χ0) is 10.9. The second-order valence-electron chi connectivity index (χ2n) is 3.59. The Morgan fingerprint density at radius 3 is 2.57 bits per heavy atom. The largest absolute Gasteiger partial charge is 0.383 e. The number of aliphatic hydroxyl groups excluding tert-OH is 1. The molecule has 0 amide bonds. The quantitative estimate of drug-likeness (QED) is 0.788. The maximum Gasteiger partial charge on any atom is 0.161 e. The number of nitrogens with zero attached hydrogens (tertiary/aromatic N) is 1. The molecule has 1 atom stereocenters. The van der Waals surface area contributed by atoms with Crippen molar-refractivity contribution in [1.82, 2.24) is 4.98 Å². The molecule has 0 saturated carbocycles. The van der Waals surface area contributed by atoms with Gasteiger partial charge in [-0.2, -0.15) is 0 Å². The lowest BCUT2D eigenvalue weighted by Crippen LogP contribution is -2.23. The van der Waals surface area contributed by atoms with Crippen molar-refractivity contribution in [3.05, 3.63) is 15.6 Å². The molecule has 1 heterocycles. The first kappa shape index (κ1) is 11.3. The Bertz CT molecular complexity index is 343. The number of alkyl halides is 1. The maximum absolute atomic E-state index is 13.3. The highest BCUT2D eigenvalue weighted by atomic mass is 32.1. The summed E-state index contributed by atoms with van der Waals surface area (Å²) in [6.07, 6.45) is -0.617. The van der Waals surface area contributed by atoms with E-state index in [-0.39, 0.29) is 5.01 Å². The molecule has 1 rings (SSSR count). The molecule has 0 spiro atoms. The predicted octanol–water partition coefficient (Wildman–Crippen LogP) is 2.05. The lowest BCUT2D eigenvalue weighted by molar-refractivity contribution is 0.0159. The highest BCUT2D eigenvalue weighted by Gasteiger charge is 2.31. The van der Waals surface area contributed by atoms with Crippen molar-refractivity contribution in [3.63, 3.8) is 0 Å². The minimum Gasteiger partial charge on any atom is -0.383 e. The van der Waals surface area contributed by atoms with Gasteiger partial charge in [0.1, 0.15) is 16.8 Å². The van der Waals surface area contributed by atoms with E-state index < -0.39 is 11.8 Å². The summed E-state index contributed by atoms with van der Waals surface area (Å²) in [6, 6.07) is 0. The van der Waals surface area contributed by atoms with E-state index in [2.05, 4.69) is 4.98 Å². The third kappa shape index (κ3) is 2.16. The third-order valence-corrected chi connectivity index (χ3v) is 2.98. The van der Waals surface area contributed by atoms with Crippen LogP contribution in [0.5, 0.6) is 0 Å². The van der Waals surface area contributed by atoms with Crippen molar-refractivity contribution in [2.24, 2.45) is 0 Å². The van der Waals surface area contributed by atoms with Crippen LogP contribution in [0.2, 0.25) is 0 Å². The lowest BCUT2D eigenvalue weighted by Gasteiger charge is -2.19. The third-order valence-electron chi connectivity index (χ3n) is 1.84. The maximum atomic E-state index is 13.3. The van der Waals surface area contributed by atoms with E-state index in [1.807, 2.05) is 0 Å². The van der Waals surface area contributed by atoms with Crippen LogP contribution in [0.25, 0.3) is 0 Å². The van der Waals surface area contributed by atoms with Crippen molar-refractivity contribution in [1.29, 1.82) is 0 Å². The molecule has 0 aliphatic rings. The predicted molar refractivity (Wildman–Crippen MR) is 52.4 cm³/mol. The Hall–Kier alpha value is -0.810. The topological polar surface area (TPSA) is 50.2 Å². The molecule has 0 radical (unpaired) electrons. The number of carbonyl (C=O) groups is 1. The van der Waals surface area contributed by atoms with Gasteiger partial charge >= 0.3 is 0 Å². The molecule has 1 unspecified atom stereocenters. The zero-order valence-electron chi connectivity index (χ0n) is 8.24. The second-order valence-corrected chi connectivity index (χ2v) is 4.65. The lowest BCUT2D eigenvalue weighted by atomic mass is 10.1. The first-order valence-corrected chi connectivity index (χ1v) is 4.97. The molecule has 0 aliphatic carbocycles. The molecule has 78 valence electrons. The summed E-state index contributed by atoms with van der Waals surface area (Å²) in [5, 5.41) is 9.79. The first-order chi connectivity index (χ1) is 6.36. The fourth-order valence-corrected chi connectivity index (χ4v) is 1.99. The molecule has 5 heteroatoms. The highest BCUT2D eigenvalue weighted by Crippen LogP contribution is 2.32. The SMILES string of the molecule is Cc1nc(C(O)C(C)(C)F)sc1C=O. The molecule has 0 saturated heterocycles. The van der Waals surface area contributed by atoms with Crippen LogP contribution in [0.1, 0.15) is 40.3 Å². The van der Waals surface area contributed by atoms with Crippen LogP contribution in [0.3, 0.4) is 0 Å². The number of thiazole rings is 1. The zero-order valence-corrected chi connectivity index (χ0v) is 9.06. The van der Waals surface area contributed by atoms with Crippen molar-refractivity contribution in [2.45, 2.75) is 32.5 Å². The molecule has 0 fully saturated rings. The number of carbonyl (C=O) groups excluding carboxylic acids is 1. The summed E-state index contributed by atoms with van der Waals surface area (Å²) in [4.78, 5) is 14.9. The average molecular weight is 217 g/mol. The number of aromatic nitrogens is 1. The van der Waals surface area contributed by atoms with Gasteiger partial charge in [-0.1, -0.05) is 0 Å². The van der Waals surface area contributed by atoms with Gasteiger partial charge in [0.05, 0.1) is 10.6 Å². The van der Waals surface area contributed by atoms with Gasteiger partial charge < -0.3 is 5.11 Å². The molecule has 0 bridgehead atoms. The number of halogens is 1. The Morgan fingerprint density at radius 1 is 1.64 bits per heavy atom. The standard InChI is InChI=1S/C9H12FNO2S/c1-5-6(4-12)14-8(11-5)7(13)9(2,3)10/h4,7,13H,1-3H3. The van der Waals surface area contributed by atoms with Crippen LogP contribution >= 0.6 is 11.3 Å². The van der Waals surface area contributed by atoms with E-state index in [1.54, 1.807) is 6.92 Å². The number of aldehydes is 1. The van der Waals surface area contributed by atoms with Gasteiger partial charge in [0.25, 0.3) is 0 Å². The van der Waals surface area contributed by atoms with Crippen LogP contribution in [-0.2, 0) is 0 Å². The van der Waals surface area contributed by atoms with Gasteiger partial charge in [-0.15, -0.1) is 11.3 Å². The van der Waals surface area contributed by atoms with Crippen LogP contribution in [-0.4, -0.2) is 22.0 Å². The molecule has 3 nitrogen and oxygen atoms in total. The molecule has 1 aromatic heterocycles. The van der Waals surface area contributed by atoms with Crippen LogP contribution in [0.4, 0.5) is 4.39 Å². The summed E-state index contributed by atoms with van der Waals surface area (Å²) < 4.78 is 13.3. The van der Waals surface area contributed by atoms with E-state index in [1.165, 1.54) is 13.8 Å². The fraction of sp³-hybridized carbons (Fsp3) is 0.556. The van der Waals surface area contributed by atoms with E-state index in [9.17, 15) is 14.3 Å². The summed E-state index contributed by atoms with van der Waals surface area (Å²) in [5.74, 6) is 0. The average Bonchev–Trinajstić information content (AvgIpc) is 2.43. The summed E-state index contributed by atoms with van der Waals surface area (Å²) in [5.41, 5.74) is -1.21.